The number of amides is 1. The van der Waals surface area contributed by atoms with Crippen LogP contribution in [0.5, 0.6) is 0 Å². The van der Waals surface area contributed by atoms with Crippen LogP contribution in [0.1, 0.15) is 30.4 Å². The van der Waals surface area contributed by atoms with Crippen molar-refractivity contribution in [1.29, 1.82) is 0 Å². The molecular weight excluding hydrogens is 236 g/mol. The van der Waals surface area contributed by atoms with E-state index in [4.69, 9.17) is 5.73 Å². The lowest BCUT2D eigenvalue weighted by atomic mass is 10.1. The van der Waals surface area contributed by atoms with Gasteiger partial charge in [0, 0.05) is 25.6 Å². The average Bonchev–Trinajstić information content (AvgIpc) is 3.21. The maximum atomic E-state index is 12.0. The van der Waals surface area contributed by atoms with Gasteiger partial charge in [-0.3, -0.25) is 4.79 Å². The van der Waals surface area contributed by atoms with Crippen LogP contribution in [0, 0.1) is 17.8 Å². The minimum absolute atomic E-state index is 0.226. The molecule has 1 aliphatic carbocycles. The molecule has 1 fully saturated rings. The van der Waals surface area contributed by atoms with E-state index in [1.807, 2.05) is 31.3 Å². The number of nitrogens with zero attached hydrogens (tertiary/aromatic N) is 1. The summed E-state index contributed by atoms with van der Waals surface area (Å²) < 4.78 is 0. The number of benzene rings is 1. The first-order valence-electron chi connectivity index (χ1n) is 6.71. The Morgan fingerprint density at radius 1 is 1.42 bits per heavy atom. The van der Waals surface area contributed by atoms with Crippen molar-refractivity contribution >= 4 is 5.91 Å². The predicted octanol–water partition coefficient (Wildman–Crippen LogP) is 1.76. The number of hydrogen-bond acceptors (Lipinski definition) is 2. The lowest BCUT2D eigenvalue weighted by Crippen LogP contribution is -2.26. The summed E-state index contributed by atoms with van der Waals surface area (Å²) in [5, 5.41) is 0. The zero-order valence-corrected chi connectivity index (χ0v) is 11.4. The Morgan fingerprint density at radius 3 is 2.84 bits per heavy atom. The van der Waals surface area contributed by atoms with Gasteiger partial charge >= 0.3 is 0 Å². The van der Waals surface area contributed by atoms with Gasteiger partial charge in [0.15, 0.2) is 0 Å². The fourth-order valence-corrected chi connectivity index (χ4v) is 1.99. The molecule has 100 valence electrons. The maximum absolute atomic E-state index is 12.0. The Labute approximate surface area is 114 Å². The second-order valence-corrected chi connectivity index (χ2v) is 5.06. The molecule has 0 saturated heterocycles. The third-order valence-electron chi connectivity index (χ3n) is 3.34. The molecule has 0 bridgehead atoms. The SMILES string of the molecule is CN(Cc1ccccc1C#CCN)C(=O)CC1CC1. The van der Waals surface area contributed by atoms with Gasteiger partial charge in [0.1, 0.15) is 0 Å². The molecule has 0 unspecified atom stereocenters. The molecule has 0 aromatic heterocycles. The summed E-state index contributed by atoms with van der Waals surface area (Å²) in [4.78, 5) is 13.8. The summed E-state index contributed by atoms with van der Waals surface area (Å²) in [6, 6.07) is 7.91. The zero-order chi connectivity index (χ0) is 13.7. The van der Waals surface area contributed by atoms with Crippen LogP contribution in [-0.4, -0.2) is 24.4 Å². The van der Waals surface area contributed by atoms with E-state index in [0.717, 1.165) is 11.1 Å². The molecule has 0 radical (unpaired) electrons. The quantitative estimate of drug-likeness (QED) is 0.834. The van der Waals surface area contributed by atoms with Crippen LogP contribution in [0.4, 0.5) is 0 Å². The lowest BCUT2D eigenvalue weighted by molar-refractivity contribution is -0.130. The summed E-state index contributed by atoms with van der Waals surface area (Å²) in [7, 11) is 1.86. The number of rotatable bonds is 4. The first kappa shape index (κ1) is 13.6. The molecule has 3 heteroatoms. The second kappa shape index (κ2) is 6.40. The van der Waals surface area contributed by atoms with Crippen molar-refractivity contribution in [1.82, 2.24) is 4.90 Å². The van der Waals surface area contributed by atoms with E-state index in [2.05, 4.69) is 11.8 Å². The minimum Gasteiger partial charge on any atom is -0.341 e. The summed E-state index contributed by atoms with van der Waals surface area (Å²) in [5.74, 6) is 6.77. The van der Waals surface area contributed by atoms with Gasteiger partial charge in [0.2, 0.25) is 5.91 Å². The molecule has 19 heavy (non-hydrogen) atoms. The number of hydrogen-bond donors (Lipinski definition) is 1. The molecule has 3 nitrogen and oxygen atoms in total. The van der Waals surface area contributed by atoms with E-state index < -0.39 is 0 Å². The second-order valence-electron chi connectivity index (χ2n) is 5.06. The van der Waals surface area contributed by atoms with Crippen LogP contribution in [0.2, 0.25) is 0 Å². The molecule has 1 aromatic rings. The van der Waals surface area contributed by atoms with Crippen molar-refractivity contribution in [3.05, 3.63) is 35.4 Å². The van der Waals surface area contributed by atoms with Gasteiger partial charge < -0.3 is 10.6 Å². The molecule has 2 rings (SSSR count). The topological polar surface area (TPSA) is 46.3 Å². The van der Waals surface area contributed by atoms with Crippen molar-refractivity contribution in [3.63, 3.8) is 0 Å². The van der Waals surface area contributed by atoms with Crippen LogP contribution in [0.25, 0.3) is 0 Å². The molecule has 1 amide bonds. The Morgan fingerprint density at radius 2 is 2.16 bits per heavy atom. The van der Waals surface area contributed by atoms with E-state index in [0.29, 0.717) is 25.4 Å². The molecule has 1 saturated carbocycles. The highest BCUT2D eigenvalue weighted by atomic mass is 16.2. The first-order valence-corrected chi connectivity index (χ1v) is 6.71. The van der Waals surface area contributed by atoms with E-state index in [-0.39, 0.29) is 5.91 Å². The number of carbonyl (C=O) groups is 1. The maximum Gasteiger partial charge on any atom is 0.222 e. The Bertz CT molecular complexity index is 509. The van der Waals surface area contributed by atoms with Crippen LogP contribution in [0.3, 0.4) is 0 Å². The van der Waals surface area contributed by atoms with E-state index in [9.17, 15) is 4.79 Å². The summed E-state index contributed by atoms with van der Waals surface area (Å²) >= 11 is 0. The van der Waals surface area contributed by atoms with Crippen molar-refractivity contribution in [3.8, 4) is 11.8 Å². The monoisotopic (exact) mass is 256 g/mol. The Hall–Kier alpha value is -1.79. The molecule has 1 aliphatic rings. The third kappa shape index (κ3) is 4.11. The molecule has 0 heterocycles. The van der Waals surface area contributed by atoms with E-state index >= 15 is 0 Å². The highest BCUT2D eigenvalue weighted by molar-refractivity contribution is 5.76. The smallest absolute Gasteiger partial charge is 0.222 e. The Kier molecular flexibility index (Phi) is 4.59. The third-order valence-corrected chi connectivity index (χ3v) is 3.34. The normalized spacial score (nSPS) is 13.6. The number of nitrogens with two attached hydrogens (primary N) is 1. The predicted molar refractivity (Wildman–Crippen MR) is 76.2 cm³/mol. The van der Waals surface area contributed by atoms with E-state index in [1.165, 1.54) is 12.8 Å². The molecule has 2 N–H and O–H groups in total. The van der Waals surface area contributed by atoms with Gasteiger partial charge in [0.25, 0.3) is 0 Å². The highest BCUT2D eigenvalue weighted by Gasteiger charge is 2.25. The van der Waals surface area contributed by atoms with Crippen LogP contribution in [0.15, 0.2) is 24.3 Å². The fourth-order valence-electron chi connectivity index (χ4n) is 1.99. The fraction of sp³-hybridized carbons (Fsp3) is 0.438. The van der Waals surface area contributed by atoms with Crippen molar-refractivity contribution < 1.29 is 4.79 Å². The van der Waals surface area contributed by atoms with Crippen LogP contribution in [-0.2, 0) is 11.3 Å². The average molecular weight is 256 g/mol. The summed E-state index contributed by atoms with van der Waals surface area (Å²) in [5.41, 5.74) is 7.44. The summed E-state index contributed by atoms with van der Waals surface area (Å²) in [6.07, 6.45) is 3.10. The van der Waals surface area contributed by atoms with Gasteiger partial charge in [-0.25, -0.2) is 0 Å². The van der Waals surface area contributed by atoms with Gasteiger partial charge in [-0.2, -0.15) is 0 Å². The minimum atomic E-state index is 0.226. The molecular formula is C16H20N2O. The zero-order valence-electron chi connectivity index (χ0n) is 11.4. The van der Waals surface area contributed by atoms with Gasteiger partial charge in [-0.1, -0.05) is 30.0 Å². The van der Waals surface area contributed by atoms with Crippen LogP contribution < -0.4 is 5.73 Å². The van der Waals surface area contributed by atoms with E-state index in [1.54, 1.807) is 4.90 Å². The van der Waals surface area contributed by atoms with Gasteiger partial charge in [-0.05, 0) is 30.4 Å². The molecule has 0 spiro atoms. The molecule has 0 aliphatic heterocycles. The largest absolute Gasteiger partial charge is 0.341 e. The highest BCUT2D eigenvalue weighted by Crippen LogP contribution is 2.32. The first-order chi connectivity index (χ1) is 9.20. The van der Waals surface area contributed by atoms with Gasteiger partial charge in [0.05, 0.1) is 6.54 Å². The molecule has 0 atom stereocenters. The van der Waals surface area contributed by atoms with Crippen molar-refractivity contribution in [2.45, 2.75) is 25.8 Å². The Balaban J connectivity index is 2.02. The standard InChI is InChI=1S/C16H20N2O/c1-18(16(19)11-13-8-9-13)12-15-6-3-2-5-14(15)7-4-10-17/h2-3,5-6,13H,8-12,17H2,1H3. The summed E-state index contributed by atoms with van der Waals surface area (Å²) in [6.45, 7) is 0.964. The van der Waals surface area contributed by atoms with Gasteiger partial charge in [-0.15, -0.1) is 0 Å². The lowest BCUT2D eigenvalue weighted by Gasteiger charge is -2.18. The van der Waals surface area contributed by atoms with Crippen molar-refractivity contribution in [2.24, 2.45) is 11.7 Å². The van der Waals surface area contributed by atoms with Crippen molar-refractivity contribution in [2.75, 3.05) is 13.6 Å². The molecule has 1 aromatic carbocycles. The number of carbonyl (C=O) groups excluding carboxylic acids is 1. The van der Waals surface area contributed by atoms with Crippen LogP contribution >= 0.6 is 0 Å².